The highest BCUT2D eigenvalue weighted by molar-refractivity contribution is 5.81. The molecular formula is C16H20N2O3. The average molecular weight is 288 g/mol. The molecule has 1 amide bonds. The highest BCUT2D eigenvalue weighted by Gasteiger charge is 2.27. The van der Waals surface area contributed by atoms with Crippen molar-refractivity contribution in [3.8, 4) is 11.8 Å². The molecule has 1 aromatic carbocycles. The summed E-state index contributed by atoms with van der Waals surface area (Å²) in [6.45, 7) is 1.64. The second-order valence-electron chi connectivity index (χ2n) is 5.33. The van der Waals surface area contributed by atoms with Gasteiger partial charge in [-0.3, -0.25) is 4.79 Å². The third-order valence-electron chi connectivity index (χ3n) is 3.74. The number of carbonyl (C=O) groups is 1. The highest BCUT2D eigenvalue weighted by atomic mass is 16.5. The Kier molecular flexibility index (Phi) is 5.18. The Morgan fingerprint density at radius 2 is 2.14 bits per heavy atom. The number of hydrogen-bond donors (Lipinski definition) is 2. The van der Waals surface area contributed by atoms with Crippen LogP contribution >= 0.6 is 0 Å². The molecule has 1 aromatic rings. The maximum Gasteiger partial charge on any atom is 0.261 e. The second kappa shape index (κ2) is 7.09. The molecule has 1 aliphatic rings. The first-order valence-corrected chi connectivity index (χ1v) is 7.26. The molecule has 1 aliphatic carbocycles. The first-order valence-electron chi connectivity index (χ1n) is 7.26. The van der Waals surface area contributed by atoms with Crippen molar-refractivity contribution in [1.82, 2.24) is 5.32 Å². The van der Waals surface area contributed by atoms with Gasteiger partial charge in [-0.1, -0.05) is 25.0 Å². The third-order valence-corrected chi connectivity index (χ3v) is 3.74. The van der Waals surface area contributed by atoms with Gasteiger partial charge in [0, 0.05) is 0 Å². The van der Waals surface area contributed by atoms with E-state index in [0.717, 1.165) is 25.7 Å². The number of nitrogens with zero attached hydrogens (tertiary/aromatic N) is 1. The van der Waals surface area contributed by atoms with Crippen LogP contribution in [0.2, 0.25) is 0 Å². The van der Waals surface area contributed by atoms with Crippen LogP contribution in [0.3, 0.4) is 0 Å². The second-order valence-corrected chi connectivity index (χ2v) is 5.33. The van der Waals surface area contributed by atoms with Gasteiger partial charge in [-0.15, -0.1) is 0 Å². The molecule has 0 bridgehead atoms. The number of rotatable bonds is 4. The van der Waals surface area contributed by atoms with Gasteiger partial charge < -0.3 is 15.2 Å². The van der Waals surface area contributed by atoms with Crippen LogP contribution in [0, 0.1) is 11.3 Å². The lowest BCUT2D eigenvalue weighted by Crippen LogP contribution is -2.49. The fourth-order valence-electron chi connectivity index (χ4n) is 2.49. The molecular weight excluding hydrogens is 268 g/mol. The molecule has 2 N–H and O–H groups in total. The van der Waals surface area contributed by atoms with Gasteiger partial charge in [0.25, 0.3) is 5.91 Å². The highest BCUT2D eigenvalue weighted by Crippen LogP contribution is 2.20. The number of nitrogens with one attached hydrogen (secondary N) is 1. The summed E-state index contributed by atoms with van der Waals surface area (Å²) >= 11 is 0. The minimum atomic E-state index is -0.714. The molecule has 0 spiro atoms. The number of aliphatic hydroxyl groups is 1. The number of benzene rings is 1. The van der Waals surface area contributed by atoms with Gasteiger partial charge in [-0.25, -0.2) is 0 Å². The molecule has 0 heterocycles. The molecule has 0 saturated heterocycles. The molecule has 0 radical (unpaired) electrons. The summed E-state index contributed by atoms with van der Waals surface area (Å²) in [6.07, 6.45) is 2.31. The van der Waals surface area contributed by atoms with Gasteiger partial charge in [0.15, 0.2) is 6.10 Å². The van der Waals surface area contributed by atoms with Gasteiger partial charge in [-0.05, 0) is 31.9 Å². The van der Waals surface area contributed by atoms with Crippen molar-refractivity contribution in [1.29, 1.82) is 5.26 Å². The van der Waals surface area contributed by atoms with E-state index in [1.54, 1.807) is 31.2 Å². The predicted molar refractivity (Wildman–Crippen MR) is 77.7 cm³/mol. The van der Waals surface area contributed by atoms with Crippen molar-refractivity contribution in [3.63, 3.8) is 0 Å². The standard InChI is InChI=1S/C16H20N2O3/c1-11(21-15-9-5-2-6-12(15)10-17)16(20)18-13-7-3-4-8-14(13)19/h2,5-6,9,11,13-14,19H,3-4,7-8H2,1H3,(H,18,20)/t11?,13-,14-/m0/s1. The zero-order valence-corrected chi connectivity index (χ0v) is 12.1. The van der Waals surface area contributed by atoms with E-state index in [1.165, 1.54) is 0 Å². The molecule has 2 rings (SSSR count). The van der Waals surface area contributed by atoms with Crippen LogP contribution in [-0.4, -0.2) is 29.3 Å². The lowest BCUT2D eigenvalue weighted by molar-refractivity contribution is -0.129. The number of aliphatic hydroxyl groups excluding tert-OH is 1. The Balaban J connectivity index is 1.95. The smallest absolute Gasteiger partial charge is 0.261 e. The maximum absolute atomic E-state index is 12.1. The number of nitriles is 1. The molecule has 21 heavy (non-hydrogen) atoms. The number of amides is 1. The normalized spacial score (nSPS) is 22.9. The van der Waals surface area contributed by atoms with Gasteiger partial charge in [0.2, 0.25) is 0 Å². The van der Waals surface area contributed by atoms with E-state index in [-0.39, 0.29) is 11.9 Å². The van der Waals surface area contributed by atoms with E-state index in [9.17, 15) is 9.90 Å². The topological polar surface area (TPSA) is 82.3 Å². The summed E-state index contributed by atoms with van der Waals surface area (Å²) in [5.41, 5.74) is 0.398. The molecule has 1 saturated carbocycles. The van der Waals surface area contributed by atoms with Crippen LogP contribution in [0.25, 0.3) is 0 Å². The van der Waals surface area contributed by atoms with Crippen LogP contribution in [-0.2, 0) is 4.79 Å². The van der Waals surface area contributed by atoms with Crippen LogP contribution in [0.5, 0.6) is 5.75 Å². The zero-order valence-electron chi connectivity index (χ0n) is 12.1. The quantitative estimate of drug-likeness (QED) is 0.884. The zero-order chi connectivity index (χ0) is 15.2. The van der Waals surface area contributed by atoms with E-state index >= 15 is 0 Å². The predicted octanol–water partition coefficient (Wildman–Crippen LogP) is 1.75. The van der Waals surface area contributed by atoms with Crippen LogP contribution in [0.1, 0.15) is 38.2 Å². The van der Waals surface area contributed by atoms with Crippen molar-refractivity contribution in [2.75, 3.05) is 0 Å². The minimum Gasteiger partial charge on any atom is -0.480 e. The summed E-state index contributed by atoms with van der Waals surface area (Å²) in [6, 6.07) is 8.63. The Hall–Kier alpha value is -2.06. The largest absolute Gasteiger partial charge is 0.480 e. The average Bonchev–Trinajstić information content (AvgIpc) is 2.50. The molecule has 5 heteroatoms. The van der Waals surface area contributed by atoms with E-state index < -0.39 is 12.2 Å². The summed E-state index contributed by atoms with van der Waals surface area (Å²) in [4.78, 5) is 12.1. The van der Waals surface area contributed by atoms with Gasteiger partial charge >= 0.3 is 0 Å². The van der Waals surface area contributed by atoms with E-state index in [4.69, 9.17) is 10.00 Å². The van der Waals surface area contributed by atoms with Crippen molar-refractivity contribution in [3.05, 3.63) is 29.8 Å². The number of hydrogen-bond acceptors (Lipinski definition) is 4. The third kappa shape index (κ3) is 3.96. The van der Waals surface area contributed by atoms with Crippen molar-refractivity contribution in [2.24, 2.45) is 0 Å². The minimum absolute atomic E-state index is 0.205. The van der Waals surface area contributed by atoms with E-state index in [1.807, 2.05) is 6.07 Å². The van der Waals surface area contributed by atoms with Crippen LogP contribution < -0.4 is 10.1 Å². The molecule has 1 fully saturated rings. The molecule has 3 atom stereocenters. The molecule has 5 nitrogen and oxygen atoms in total. The van der Waals surface area contributed by atoms with Crippen molar-refractivity contribution in [2.45, 2.75) is 50.9 Å². The molecule has 0 aromatic heterocycles. The number of para-hydroxylation sites is 1. The fourth-order valence-corrected chi connectivity index (χ4v) is 2.49. The van der Waals surface area contributed by atoms with Crippen molar-refractivity contribution < 1.29 is 14.6 Å². The molecule has 112 valence electrons. The summed E-state index contributed by atoms with van der Waals surface area (Å²) < 4.78 is 5.56. The number of carbonyl (C=O) groups excluding carboxylic acids is 1. The Bertz CT molecular complexity index is 539. The lowest BCUT2D eigenvalue weighted by atomic mass is 9.92. The SMILES string of the molecule is CC(Oc1ccccc1C#N)C(=O)N[C@H]1CCCC[C@@H]1O. The Labute approximate surface area is 124 Å². The van der Waals surface area contributed by atoms with Crippen molar-refractivity contribution >= 4 is 5.91 Å². The van der Waals surface area contributed by atoms with Crippen LogP contribution in [0.15, 0.2) is 24.3 Å². The Morgan fingerprint density at radius 1 is 1.43 bits per heavy atom. The maximum atomic E-state index is 12.1. The molecule has 0 aliphatic heterocycles. The first-order chi connectivity index (χ1) is 10.1. The summed E-state index contributed by atoms with van der Waals surface area (Å²) in [7, 11) is 0. The molecule has 1 unspecified atom stereocenters. The summed E-state index contributed by atoms with van der Waals surface area (Å²) in [5, 5.41) is 21.7. The van der Waals surface area contributed by atoms with Gasteiger partial charge in [-0.2, -0.15) is 5.26 Å². The first kappa shape index (κ1) is 15.3. The van der Waals surface area contributed by atoms with Crippen LogP contribution in [0.4, 0.5) is 0 Å². The Morgan fingerprint density at radius 3 is 2.86 bits per heavy atom. The lowest BCUT2D eigenvalue weighted by Gasteiger charge is -2.29. The monoisotopic (exact) mass is 288 g/mol. The van der Waals surface area contributed by atoms with Gasteiger partial charge in [0.1, 0.15) is 11.8 Å². The fraction of sp³-hybridized carbons (Fsp3) is 0.500. The van der Waals surface area contributed by atoms with E-state index in [2.05, 4.69) is 5.32 Å². The van der Waals surface area contributed by atoms with E-state index in [0.29, 0.717) is 11.3 Å². The summed E-state index contributed by atoms with van der Waals surface area (Å²) in [5.74, 6) is 0.125. The van der Waals surface area contributed by atoms with Gasteiger partial charge in [0.05, 0.1) is 17.7 Å². The number of ether oxygens (including phenoxy) is 1.